The highest BCUT2D eigenvalue weighted by atomic mass is 16.4. The van der Waals surface area contributed by atoms with E-state index >= 15 is 0 Å². The molecule has 54 heavy (non-hydrogen) atoms. The average Bonchev–Trinajstić information content (AvgIpc) is 3.13. The third-order valence-electron chi connectivity index (χ3n) is 10.4. The van der Waals surface area contributed by atoms with Crippen LogP contribution in [0, 0.1) is 41.5 Å². The van der Waals surface area contributed by atoms with Gasteiger partial charge in [0.2, 0.25) is 0 Å². The molecule has 8 nitrogen and oxygen atoms in total. The second-order valence-electron chi connectivity index (χ2n) is 13.5. The van der Waals surface area contributed by atoms with Crippen molar-refractivity contribution in [1.82, 2.24) is 0 Å². The molecule has 4 N–H and O–H groups in total. The Morgan fingerprint density at radius 3 is 0.574 bits per heavy atom. The van der Waals surface area contributed by atoms with Crippen LogP contribution >= 0.6 is 0 Å². The first-order valence-electron chi connectivity index (χ1n) is 17.2. The second kappa shape index (κ2) is 14.3. The van der Waals surface area contributed by atoms with E-state index in [1.807, 2.05) is 13.8 Å². The Morgan fingerprint density at radius 1 is 0.278 bits per heavy atom. The van der Waals surface area contributed by atoms with E-state index in [-0.39, 0.29) is 22.3 Å². The zero-order chi connectivity index (χ0) is 39.2. The number of rotatable bonds is 9. The molecule has 0 aromatic heterocycles. The highest BCUT2D eigenvalue weighted by molar-refractivity contribution is 5.99. The van der Waals surface area contributed by atoms with Gasteiger partial charge in [0.05, 0.1) is 22.3 Å². The molecule has 0 aliphatic rings. The summed E-state index contributed by atoms with van der Waals surface area (Å²) in [6.45, 7) is 12.2. The largest absolute Gasteiger partial charge is 0.478 e. The maximum Gasteiger partial charge on any atom is 0.335 e. The van der Waals surface area contributed by atoms with Crippen LogP contribution in [0.2, 0.25) is 0 Å². The molecule has 0 saturated heterocycles. The SMILES string of the molecule is Cc1c(-c2ccc(C(=O)O)cc2)c(C)c(-c2c(C)c(-c3ccc(C(=O)O)cc3)c(C)c(-c3ccc(C(=O)O)cc3)c2C)c(C)c1-c1ccc(C(=O)O)cc1. The van der Waals surface area contributed by atoms with Crippen LogP contribution < -0.4 is 0 Å². The van der Waals surface area contributed by atoms with Gasteiger partial charge in [0.1, 0.15) is 0 Å². The molecule has 0 unspecified atom stereocenters. The van der Waals surface area contributed by atoms with Crippen LogP contribution in [0.1, 0.15) is 74.8 Å². The van der Waals surface area contributed by atoms with Gasteiger partial charge in [-0.05, 0) is 179 Å². The smallest absolute Gasteiger partial charge is 0.335 e. The van der Waals surface area contributed by atoms with Gasteiger partial charge in [-0.25, -0.2) is 19.2 Å². The average molecular weight is 719 g/mol. The summed E-state index contributed by atoms with van der Waals surface area (Å²) in [7, 11) is 0. The molecule has 270 valence electrons. The fourth-order valence-corrected chi connectivity index (χ4v) is 8.04. The molecule has 0 aliphatic carbocycles. The van der Waals surface area contributed by atoms with Crippen molar-refractivity contribution < 1.29 is 39.6 Å². The zero-order valence-corrected chi connectivity index (χ0v) is 30.7. The van der Waals surface area contributed by atoms with Gasteiger partial charge in [-0.3, -0.25) is 0 Å². The maximum atomic E-state index is 11.8. The zero-order valence-electron chi connectivity index (χ0n) is 30.7. The standard InChI is InChI=1S/C46H38O8/c1-23-37(29-7-15-33(16-8-29)43(47)48)25(3)41(26(4)38(23)30-9-17-34(18-10-30)44(49)50)42-27(5)39(31-11-19-35(20-12-31)45(51)52)24(2)40(28(42)6)32-13-21-36(22-14-32)46(53)54/h7-22H,1-6H3,(H,47,48)(H,49,50)(H,51,52)(H,53,54). The van der Waals surface area contributed by atoms with Gasteiger partial charge in [0.15, 0.2) is 0 Å². The first-order chi connectivity index (χ1) is 25.6. The first-order valence-corrected chi connectivity index (χ1v) is 17.2. The maximum absolute atomic E-state index is 11.8. The van der Waals surface area contributed by atoms with Crippen LogP contribution in [0.4, 0.5) is 0 Å². The van der Waals surface area contributed by atoms with Gasteiger partial charge in [0, 0.05) is 0 Å². The molecular weight excluding hydrogens is 680 g/mol. The number of benzene rings is 6. The van der Waals surface area contributed by atoms with E-state index in [1.165, 1.54) is 0 Å². The lowest BCUT2D eigenvalue weighted by Crippen LogP contribution is -2.06. The van der Waals surface area contributed by atoms with Crippen LogP contribution in [0.15, 0.2) is 97.1 Å². The summed E-state index contributed by atoms with van der Waals surface area (Å²) in [6.07, 6.45) is 0. The van der Waals surface area contributed by atoms with E-state index in [0.29, 0.717) is 0 Å². The summed E-state index contributed by atoms with van der Waals surface area (Å²) >= 11 is 0. The summed E-state index contributed by atoms with van der Waals surface area (Å²) in [6, 6.07) is 27.1. The van der Waals surface area contributed by atoms with Crippen LogP contribution in [0.5, 0.6) is 0 Å². The van der Waals surface area contributed by atoms with Gasteiger partial charge >= 0.3 is 23.9 Å². The van der Waals surface area contributed by atoms with Crippen molar-refractivity contribution in [1.29, 1.82) is 0 Å². The van der Waals surface area contributed by atoms with Crippen molar-refractivity contribution in [2.24, 2.45) is 0 Å². The van der Waals surface area contributed by atoms with Crippen LogP contribution in [-0.4, -0.2) is 44.3 Å². The number of carbonyl (C=O) groups is 4. The Balaban J connectivity index is 1.76. The van der Waals surface area contributed by atoms with Gasteiger partial charge < -0.3 is 20.4 Å². The highest BCUT2D eigenvalue weighted by Gasteiger charge is 2.27. The fraction of sp³-hybridized carbons (Fsp3) is 0.130. The summed E-state index contributed by atoms with van der Waals surface area (Å²) in [5, 5.41) is 38.6. The Kier molecular flexibility index (Phi) is 9.80. The van der Waals surface area contributed by atoms with E-state index in [2.05, 4.69) is 27.7 Å². The van der Waals surface area contributed by atoms with Crippen LogP contribution in [0.3, 0.4) is 0 Å². The number of aromatic carboxylic acids is 4. The first kappa shape index (κ1) is 37.0. The fourth-order valence-electron chi connectivity index (χ4n) is 8.04. The van der Waals surface area contributed by atoms with Crippen molar-refractivity contribution in [2.75, 3.05) is 0 Å². The Labute approximate surface area is 312 Å². The molecule has 0 bridgehead atoms. The Hall–Kier alpha value is -6.80. The predicted octanol–water partition coefficient (Wildman–Crippen LogP) is 10.7. The molecule has 6 aromatic carbocycles. The predicted molar refractivity (Wildman–Crippen MR) is 210 cm³/mol. The lowest BCUT2D eigenvalue weighted by molar-refractivity contribution is 0.0686. The number of carboxylic acid groups (broad SMARTS) is 4. The minimum absolute atomic E-state index is 0.160. The van der Waals surface area contributed by atoms with E-state index in [0.717, 1.165) is 89.0 Å². The summed E-state index contributed by atoms with van der Waals surface area (Å²) < 4.78 is 0. The summed E-state index contributed by atoms with van der Waals surface area (Å²) in [4.78, 5) is 47.1. The number of hydrogen-bond acceptors (Lipinski definition) is 4. The third kappa shape index (κ3) is 6.43. The summed E-state index contributed by atoms with van der Waals surface area (Å²) in [5.74, 6) is -4.12. The minimum Gasteiger partial charge on any atom is -0.478 e. The van der Waals surface area contributed by atoms with E-state index in [1.54, 1.807) is 97.1 Å². The topological polar surface area (TPSA) is 149 Å². The molecule has 0 saturated carbocycles. The molecule has 0 atom stereocenters. The number of carboxylic acids is 4. The van der Waals surface area contributed by atoms with E-state index in [4.69, 9.17) is 0 Å². The molecule has 0 heterocycles. The molecule has 0 radical (unpaired) electrons. The van der Waals surface area contributed by atoms with E-state index in [9.17, 15) is 39.6 Å². The van der Waals surface area contributed by atoms with Gasteiger partial charge in [0.25, 0.3) is 0 Å². The quantitative estimate of drug-likeness (QED) is 0.115. The van der Waals surface area contributed by atoms with Crippen LogP contribution in [0.25, 0.3) is 55.6 Å². The van der Waals surface area contributed by atoms with Crippen molar-refractivity contribution >= 4 is 23.9 Å². The van der Waals surface area contributed by atoms with Gasteiger partial charge in [-0.15, -0.1) is 0 Å². The Bertz CT molecular complexity index is 2160. The molecule has 0 fully saturated rings. The number of hydrogen-bond donors (Lipinski definition) is 4. The van der Waals surface area contributed by atoms with Crippen LogP contribution in [-0.2, 0) is 0 Å². The van der Waals surface area contributed by atoms with Gasteiger partial charge in [-0.2, -0.15) is 0 Å². The van der Waals surface area contributed by atoms with Crippen molar-refractivity contribution in [3.63, 3.8) is 0 Å². The van der Waals surface area contributed by atoms with Crippen molar-refractivity contribution in [2.45, 2.75) is 41.5 Å². The third-order valence-corrected chi connectivity index (χ3v) is 10.4. The monoisotopic (exact) mass is 718 g/mol. The van der Waals surface area contributed by atoms with Crippen molar-refractivity contribution in [3.05, 3.63) is 153 Å². The second-order valence-corrected chi connectivity index (χ2v) is 13.5. The lowest BCUT2D eigenvalue weighted by Gasteiger charge is -2.28. The molecule has 6 aromatic rings. The highest BCUT2D eigenvalue weighted by Crippen LogP contribution is 2.50. The molecule has 0 amide bonds. The van der Waals surface area contributed by atoms with Gasteiger partial charge in [-0.1, -0.05) is 48.5 Å². The van der Waals surface area contributed by atoms with E-state index < -0.39 is 23.9 Å². The molecule has 6 rings (SSSR count). The Morgan fingerprint density at radius 2 is 0.426 bits per heavy atom. The molecule has 8 heteroatoms. The normalized spacial score (nSPS) is 11.0. The van der Waals surface area contributed by atoms with Crippen molar-refractivity contribution in [3.8, 4) is 55.6 Å². The summed E-state index contributed by atoms with van der Waals surface area (Å²) in [5.41, 5.74) is 15.1. The lowest BCUT2D eigenvalue weighted by atomic mass is 9.75. The molecule has 0 aliphatic heterocycles. The minimum atomic E-state index is -1.03. The molecule has 0 spiro atoms. The molecular formula is C46H38O8.